The second kappa shape index (κ2) is 6.15. The first-order valence-corrected chi connectivity index (χ1v) is 6.65. The summed E-state index contributed by atoms with van der Waals surface area (Å²) in [5.74, 6) is 0.272. The van der Waals surface area contributed by atoms with Crippen LogP contribution >= 0.6 is 0 Å². The van der Waals surface area contributed by atoms with Crippen molar-refractivity contribution < 1.29 is 25.2 Å². The third-order valence-electron chi connectivity index (χ3n) is 4.18. The van der Waals surface area contributed by atoms with E-state index in [1.54, 1.807) is 9.80 Å². The Balaban J connectivity index is 1.96. The summed E-state index contributed by atoms with van der Waals surface area (Å²) < 4.78 is 0. The van der Waals surface area contributed by atoms with Gasteiger partial charge >= 0.3 is 0 Å². The number of nitrogens with zero attached hydrogens (tertiary/aromatic N) is 2. The Morgan fingerprint density at radius 1 is 1.16 bits per heavy atom. The van der Waals surface area contributed by atoms with Gasteiger partial charge in [-0.2, -0.15) is 0 Å². The van der Waals surface area contributed by atoms with Crippen LogP contribution in [0.3, 0.4) is 0 Å². The van der Waals surface area contributed by atoms with E-state index in [0.717, 1.165) is 19.4 Å². The maximum atomic E-state index is 10.7. The number of rotatable bonds is 4. The van der Waals surface area contributed by atoms with Crippen molar-refractivity contribution in [2.75, 3.05) is 32.8 Å². The molecule has 19 heavy (non-hydrogen) atoms. The van der Waals surface area contributed by atoms with Crippen LogP contribution in [0.25, 0.3) is 0 Å². The topological polar surface area (TPSA) is 104 Å². The number of carbonyl (C=O) groups excluding carboxylic acids is 1. The molecule has 4 N–H and O–H groups in total. The normalized spacial score (nSPS) is 40.6. The molecule has 0 unspecified atom stereocenters. The molecule has 7 nitrogen and oxygen atoms in total. The number of piperidine rings is 1. The molecule has 2 aliphatic rings. The first-order chi connectivity index (χ1) is 9.06. The third kappa shape index (κ3) is 3.06. The highest BCUT2D eigenvalue weighted by Gasteiger charge is 2.41. The molecule has 0 aromatic heterocycles. The zero-order valence-electron chi connectivity index (χ0n) is 10.8. The van der Waals surface area contributed by atoms with E-state index in [9.17, 15) is 25.2 Å². The molecule has 7 heteroatoms. The highest BCUT2D eigenvalue weighted by Crippen LogP contribution is 2.23. The molecule has 0 aromatic carbocycles. The molecule has 2 fully saturated rings. The van der Waals surface area contributed by atoms with E-state index in [4.69, 9.17) is 0 Å². The van der Waals surface area contributed by atoms with Crippen LogP contribution in [0.15, 0.2) is 0 Å². The van der Waals surface area contributed by atoms with E-state index < -0.39 is 24.4 Å². The van der Waals surface area contributed by atoms with Gasteiger partial charge in [0.1, 0.15) is 12.2 Å². The Kier molecular flexibility index (Phi) is 4.75. The largest absolute Gasteiger partial charge is 0.395 e. The molecule has 5 atom stereocenters. The van der Waals surface area contributed by atoms with Crippen molar-refractivity contribution in [2.45, 2.75) is 30.8 Å². The summed E-state index contributed by atoms with van der Waals surface area (Å²) in [6.07, 6.45) is -1.68. The maximum absolute atomic E-state index is 10.7. The van der Waals surface area contributed by atoms with Gasteiger partial charge in [0.25, 0.3) is 0 Å². The number of amides is 1. The van der Waals surface area contributed by atoms with Crippen molar-refractivity contribution in [2.24, 2.45) is 5.92 Å². The predicted octanol–water partition coefficient (Wildman–Crippen LogP) is -2.78. The van der Waals surface area contributed by atoms with Gasteiger partial charge in [-0.25, -0.2) is 0 Å². The van der Waals surface area contributed by atoms with Crippen LogP contribution in [0.1, 0.15) is 6.42 Å². The summed E-state index contributed by atoms with van der Waals surface area (Å²) in [5, 5.41) is 38.5. The number of hydrogen-bond acceptors (Lipinski definition) is 6. The van der Waals surface area contributed by atoms with Crippen molar-refractivity contribution >= 4 is 6.41 Å². The maximum Gasteiger partial charge on any atom is 0.209 e. The molecule has 2 rings (SSSR count). The molecule has 0 spiro atoms. The van der Waals surface area contributed by atoms with Gasteiger partial charge in [0.05, 0.1) is 18.8 Å². The standard InChI is InChI=1S/C12H22N2O5/c15-6-9-11(18)12(19)10(17)5-14(9)4-8-1-2-13(3-8)7-16/h7-12,15,17-19H,1-6H2/t8-,9+,10-,11+,12+/m0/s1. The minimum atomic E-state index is -1.22. The molecule has 0 bridgehead atoms. The first-order valence-electron chi connectivity index (χ1n) is 6.65. The predicted molar refractivity (Wildman–Crippen MR) is 66.2 cm³/mol. The Morgan fingerprint density at radius 2 is 1.89 bits per heavy atom. The van der Waals surface area contributed by atoms with Crippen LogP contribution in [-0.2, 0) is 4.79 Å². The lowest BCUT2D eigenvalue weighted by Crippen LogP contribution is -2.63. The van der Waals surface area contributed by atoms with Gasteiger partial charge < -0.3 is 25.3 Å². The molecule has 0 aliphatic carbocycles. The van der Waals surface area contributed by atoms with Gasteiger partial charge in [-0.15, -0.1) is 0 Å². The fourth-order valence-electron chi connectivity index (χ4n) is 3.03. The minimum Gasteiger partial charge on any atom is -0.395 e. The highest BCUT2D eigenvalue weighted by molar-refractivity contribution is 5.47. The van der Waals surface area contributed by atoms with Gasteiger partial charge in [0, 0.05) is 26.2 Å². The van der Waals surface area contributed by atoms with Crippen LogP contribution in [0.2, 0.25) is 0 Å². The molecule has 0 saturated carbocycles. The molecular formula is C12H22N2O5. The quantitative estimate of drug-likeness (QED) is 0.414. The summed E-state index contributed by atoms with van der Waals surface area (Å²) in [6.45, 7) is 1.93. The summed E-state index contributed by atoms with van der Waals surface area (Å²) in [6, 6.07) is -0.566. The highest BCUT2D eigenvalue weighted by atomic mass is 16.4. The number of β-amino-alcohol motifs (C(OH)–C–C–N with tert-alkyl or cyclic N) is 1. The number of hydrogen-bond donors (Lipinski definition) is 4. The van der Waals surface area contributed by atoms with Crippen LogP contribution in [-0.4, -0.2) is 93.8 Å². The number of carbonyl (C=O) groups is 1. The molecule has 0 radical (unpaired) electrons. The van der Waals surface area contributed by atoms with Gasteiger partial charge in [0.15, 0.2) is 0 Å². The first kappa shape index (κ1) is 14.7. The molecule has 1 amide bonds. The summed E-state index contributed by atoms with van der Waals surface area (Å²) >= 11 is 0. The molecule has 0 aromatic rings. The van der Waals surface area contributed by atoms with E-state index in [2.05, 4.69) is 0 Å². The lowest BCUT2D eigenvalue weighted by Gasteiger charge is -2.43. The second-order valence-corrected chi connectivity index (χ2v) is 5.51. The Bertz CT molecular complexity index is 316. The van der Waals surface area contributed by atoms with Crippen molar-refractivity contribution in [1.29, 1.82) is 0 Å². The lowest BCUT2D eigenvalue weighted by atomic mass is 9.93. The molecular weight excluding hydrogens is 252 g/mol. The lowest BCUT2D eigenvalue weighted by molar-refractivity contribution is -0.147. The molecule has 2 heterocycles. The Morgan fingerprint density at radius 3 is 2.47 bits per heavy atom. The smallest absolute Gasteiger partial charge is 0.209 e. The molecule has 2 saturated heterocycles. The minimum absolute atomic E-state index is 0.223. The second-order valence-electron chi connectivity index (χ2n) is 5.51. The summed E-state index contributed by atoms with van der Waals surface area (Å²) in [5.41, 5.74) is 0. The summed E-state index contributed by atoms with van der Waals surface area (Å²) in [7, 11) is 0. The molecule has 110 valence electrons. The zero-order chi connectivity index (χ0) is 14.0. The molecule has 2 aliphatic heterocycles. The van der Waals surface area contributed by atoms with Gasteiger partial charge in [0.2, 0.25) is 6.41 Å². The van der Waals surface area contributed by atoms with E-state index in [1.807, 2.05) is 0 Å². The van der Waals surface area contributed by atoms with Gasteiger partial charge in [-0.05, 0) is 12.3 Å². The SMILES string of the molecule is O=CN1CC[C@H](CN2C[C@H](O)[C@@H](O)[C@H](O)[C@H]2CO)C1. The van der Waals surface area contributed by atoms with Gasteiger partial charge in [-0.1, -0.05) is 0 Å². The average Bonchev–Trinajstić information content (AvgIpc) is 2.84. The van der Waals surface area contributed by atoms with Gasteiger partial charge in [-0.3, -0.25) is 9.69 Å². The van der Waals surface area contributed by atoms with Crippen LogP contribution in [0.5, 0.6) is 0 Å². The number of aliphatic hydroxyl groups excluding tert-OH is 4. The van der Waals surface area contributed by atoms with E-state index in [0.29, 0.717) is 13.1 Å². The fraction of sp³-hybridized carbons (Fsp3) is 0.917. The van der Waals surface area contributed by atoms with Crippen molar-refractivity contribution in [1.82, 2.24) is 9.80 Å². The third-order valence-corrected chi connectivity index (χ3v) is 4.18. The van der Waals surface area contributed by atoms with Crippen LogP contribution in [0.4, 0.5) is 0 Å². The fourth-order valence-corrected chi connectivity index (χ4v) is 3.03. The van der Waals surface area contributed by atoms with E-state index in [-0.39, 0.29) is 19.1 Å². The van der Waals surface area contributed by atoms with Crippen molar-refractivity contribution in [3.05, 3.63) is 0 Å². The Labute approximate surface area is 112 Å². The van der Waals surface area contributed by atoms with E-state index in [1.165, 1.54) is 0 Å². The zero-order valence-corrected chi connectivity index (χ0v) is 10.8. The van der Waals surface area contributed by atoms with E-state index >= 15 is 0 Å². The number of aliphatic hydroxyl groups is 4. The Hall–Kier alpha value is -0.730. The summed E-state index contributed by atoms with van der Waals surface area (Å²) in [4.78, 5) is 14.2. The van der Waals surface area contributed by atoms with Crippen LogP contribution < -0.4 is 0 Å². The number of likely N-dealkylation sites (tertiary alicyclic amines) is 2. The van der Waals surface area contributed by atoms with Crippen molar-refractivity contribution in [3.8, 4) is 0 Å². The van der Waals surface area contributed by atoms with Crippen LogP contribution in [0, 0.1) is 5.92 Å². The average molecular weight is 274 g/mol. The monoisotopic (exact) mass is 274 g/mol. The van der Waals surface area contributed by atoms with Crippen molar-refractivity contribution in [3.63, 3.8) is 0 Å².